The summed E-state index contributed by atoms with van der Waals surface area (Å²) in [5.74, 6) is 3.30. The number of aliphatic hydroxyl groups is 2. The Labute approximate surface area is 372 Å². The minimum atomic E-state index is -1.15. The summed E-state index contributed by atoms with van der Waals surface area (Å²) < 4.78 is 6.71. The zero-order valence-corrected chi connectivity index (χ0v) is 38.9. The highest BCUT2D eigenvalue weighted by Gasteiger charge is 2.75. The molecule has 0 aromatic heterocycles. The number of rotatable bonds is 9. The Bertz CT molecular complexity index is 2140. The molecule has 6 heteroatoms. The van der Waals surface area contributed by atoms with Gasteiger partial charge in [-0.2, -0.15) is 0 Å². The summed E-state index contributed by atoms with van der Waals surface area (Å²) in [5.41, 5.74) is 0.996. The number of Topliss-reactive ketones (excluding diaryl/α,β-unsaturated/α-hetero) is 1. The maximum atomic E-state index is 15.7. The van der Waals surface area contributed by atoms with Gasteiger partial charge in [0.2, 0.25) is 0 Å². The van der Waals surface area contributed by atoms with Gasteiger partial charge in [0.15, 0.2) is 5.78 Å². The zero-order chi connectivity index (χ0) is 43.6. The van der Waals surface area contributed by atoms with Gasteiger partial charge in [-0.15, -0.1) is 0 Å². The number of fused-ring (bicyclic) bond motifs is 3. The summed E-state index contributed by atoms with van der Waals surface area (Å²) in [6, 6.07) is 18.3. The van der Waals surface area contributed by atoms with E-state index in [4.69, 9.17) is 4.74 Å². The van der Waals surface area contributed by atoms with Crippen molar-refractivity contribution < 1.29 is 24.5 Å². The van der Waals surface area contributed by atoms with Crippen LogP contribution in [0.3, 0.4) is 0 Å². The van der Waals surface area contributed by atoms with E-state index < -0.39 is 27.9 Å². The molecule has 2 spiro atoms. The monoisotopic (exact) mass is 842 g/mol. The highest BCUT2D eigenvalue weighted by molar-refractivity contribution is 6.14. The van der Waals surface area contributed by atoms with Crippen molar-refractivity contribution >= 4 is 11.9 Å². The normalized spacial score (nSPS) is 43.5. The molecule has 2 aromatic carbocycles. The van der Waals surface area contributed by atoms with Crippen molar-refractivity contribution in [2.24, 2.45) is 74.4 Å². The fourth-order valence-corrected chi connectivity index (χ4v) is 16.7. The number of aliphatic hydroxyl groups excluding tert-OH is 1. The van der Waals surface area contributed by atoms with Gasteiger partial charge in [0.25, 0.3) is 0 Å². The standard InChI is InChI=1S/C56H75NO5/c1-35(2)41-20-17-36(3)29-46(41)62-50(60)57(33-38-18-19-39-30-44(38)51(39,4)5)34-55(61)26-23-48-53(55,7)25-22-47-52(6)24-21-40(58)31-54(52)27-28-56(47,48)45(32-54)49(59)43-16-12-11-15-42(43)37-13-9-8-10-14-37/h8-16,27-28,32,35-36,38-41,44,46-48,58,61H,17-26,29-31,33-34H2,1-7H3. The summed E-state index contributed by atoms with van der Waals surface area (Å²) in [5, 5.41) is 24.9. The lowest BCUT2D eigenvalue weighted by Gasteiger charge is -2.71. The largest absolute Gasteiger partial charge is 0.446 e. The Morgan fingerprint density at radius 3 is 2.27 bits per heavy atom. The topological polar surface area (TPSA) is 87.1 Å². The third-order valence-electron chi connectivity index (χ3n) is 20.6. The maximum absolute atomic E-state index is 15.7. The van der Waals surface area contributed by atoms with Gasteiger partial charge in [-0.05, 0) is 146 Å². The fourth-order valence-electron chi connectivity index (χ4n) is 16.7. The summed E-state index contributed by atoms with van der Waals surface area (Å²) in [6.45, 7) is 17.4. The van der Waals surface area contributed by atoms with Gasteiger partial charge in [-0.3, -0.25) is 4.79 Å². The zero-order valence-electron chi connectivity index (χ0n) is 38.9. The van der Waals surface area contributed by atoms with E-state index in [1.165, 1.54) is 19.3 Å². The van der Waals surface area contributed by atoms with Crippen LogP contribution in [0.4, 0.5) is 4.79 Å². The van der Waals surface area contributed by atoms with Gasteiger partial charge in [-0.1, -0.05) is 128 Å². The number of ether oxygens (including phenoxy) is 1. The third-order valence-corrected chi connectivity index (χ3v) is 20.6. The van der Waals surface area contributed by atoms with Crippen LogP contribution in [-0.4, -0.2) is 57.9 Å². The Balaban J connectivity index is 1.03. The molecule has 0 radical (unpaired) electrons. The first-order valence-corrected chi connectivity index (χ1v) is 25.0. The van der Waals surface area contributed by atoms with Gasteiger partial charge >= 0.3 is 6.09 Å². The average molecular weight is 842 g/mol. The number of amides is 1. The molecule has 6 nitrogen and oxygen atoms in total. The van der Waals surface area contributed by atoms with Crippen LogP contribution in [0.5, 0.6) is 0 Å². The average Bonchev–Trinajstić information content (AvgIpc) is 3.52. The van der Waals surface area contributed by atoms with E-state index in [-0.39, 0.29) is 47.2 Å². The molecule has 14 unspecified atom stereocenters. The number of carbonyl (C=O) groups excluding carboxylic acids is 2. The minimum absolute atomic E-state index is 0.000507. The lowest BCUT2D eigenvalue weighted by molar-refractivity contribution is -0.177. The van der Waals surface area contributed by atoms with E-state index in [9.17, 15) is 15.0 Å². The molecule has 7 fully saturated rings. The number of hydrogen-bond donors (Lipinski definition) is 2. The van der Waals surface area contributed by atoms with Crippen LogP contribution < -0.4 is 0 Å². The van der Waals surface area contributed by atoms with Gasteiger partial charge in [-0.25, -0.2) is 4.79 Å². The van der Waals surface area contributed by atoms with Crippen molar-refractivity contribution in [3.63, 3.8) is 0 Å². The number of ketones is 1. The van der Waals surface area contributed by atoms with E-state index >= 15 is 4.79 Å². The second kappa shape index (κ2) is 14.9. The van der Waals surface area contributed by atoms with Gasteiger partial charge in [0.1, 0.15) is 6.10 Å². The van der Waals surface area contributed by atoms with E-state index in [1.54, 1.807) is 0 Å². The summed E-state index contributed by atoms with van der Waals surface area (Å²) in [6.07, 6.45) is 18.5. The Morgan fingerprint density at radius 1 is 0.823 bits per heavy atom. The SMILES string of the molecule is CC1CCC(C(C)C)C(OC(=O)N(CC2CCC3CC2C3(C)C)CC2(O)CCC3C45C=CC6(C=C4C(=O)c4ccccc4-c4ccccc4)CC(O)CCC6(C)C5CCC32C)C1. The van der Waals surface area contributed by atoms with Crippen molar-refractivity contribution in [2.75, 3.05) is 13.1 Å². The minimum Gasteiger partial charge on any atom is -0.446 e. The number of nitrogens with zero attached hydrogens (tertiary/aromatic N) is 1. The summed E-state index contributed by atoms with van der Waals surface area (Å²) in [7, 11) is 0. The Hall–Kier alpha value is -3.22. The number of hydrogen-bond acceptors (Lipinski definition) is 5. The maximum Gasteiger partial charge on any atom is 0.410 e. The molecule has 0 heterocycles. The van der Waals surface area contributed by atoms with Crippen LogP contribution in [0.25, 0.3) is 11.1 Å². The Morgan fingerprint density at radius 2 is 1.53 bits per heavy atom. The molecule has 14 atom stereocenters. The predicted molar refractivity (Wildman–Crippen MR) is 246 cm³/mol. The quantitative estimate of drug-likeness (QED) is 0.194. The molecule has 334 valence electrons. The molecule has 4 bridgehead atoms. The molecule has 62 heavy (non-hydrogen) atoms. The van der Waals surface area contributed by atoms with Crippen molar-refractivity contribution in [3.8, 4) is 11.1 Å². The van der Waals surface area contributed by atoms with Crippen molar-refractivity contribution in [1.29, 1.82) is 0 Å². The predicted octanol–water partition coefficient (Wildman–Crippen LogP) is 12.1. The van der Waals surface area contributed by atoms with Crippen molar-refractivity contribution in [2.45, 2.75) is 150 Å². The van der Waals surface area contributed by atoms with Crippen molar-refractivity contribution in [3.05, 3.63) is 84.0 Å². The first-order valence-electron chi connectivity index (χ1n) is 25.0. The molecular formula is C56H75NO5. The molecule has 10 aliphatic rings. The van der Waals surface area contributed by atoms with Crippen LogP contribution in [0, 0.1) is 74.4 Å². The number of carbonyl (C=O) groups is 2. The van der Waals surface area contributed by atoms with E-state index in [0.29, 0.717) is 54.5 Å². The molecule has 10 aliphatic carbocycles. The molecule has 2 N–H and O–H groups in total. The first-order chi connectivity index (χ1) is 29.5. The molecule has 1 amide bonds. The third kappa shape index (κ3) is 6.13. The van der Waals surface area contributed by atoms with E-state index in [1.807, 2.05) is 41.3 Å². The molecular weight excluding hydrogens is 767 g/mol. The molecule has 0 saturated heterocycles. The molecule has 0 aliphatic heterocycles. The van der Waals surface area contributed by atoms with E-state index in [0.717, 1.165) is 74.0 Å². The lowest BCUT2D eigenvalue weighted by Crippen LogP contribution is -2.67. The molecule has 2 aromatic rings. The van der Waals surface area contributed by atoms with Gasteiger partial charge < -0.3 is 19.8 Å². The van der Waals surface area contributed by atoms with Crippen LogP contribution in [0.2, 0.25) is 0 Å². The van der Waals surface area contributed by atoms with Crippen LogP contribution in [0.1, 0.15) is 142 Å². The Kier molecular flexibility index (Phi) is 10.3. The number of benzene rings is 2. The smallest absolute Gasteiger partial charge is 0.410 e. The first kappa shape index (κ1) is 42.7. The second-order valence-corrected chi connectivity index (χ2v) is 23.9. The van der Waals surface area contributed by atoms with Gasteiger partial charge in [0.05, 0.1) is 18.2 Å². The number of allylic oxidation sites excluding steroid dienone is 4. The highest BCUT2D eigenvalue weighted by atomic mass is 16.6. The lowest BCUT2D eigenvalue weighted by atomic mass is 9.32. The van der Waals surface area contributed by atoms with Crippen LogP contribution in [-0.2, 0) is 4.74 Å². The fraction of sp³-hybridized carbons (Fsp3) is 0.679. The van der Waals surface area contributed by atoms with E-state index in [2.05, 4.69) is 84.9 Å². The second-order valence-electron chi connectivity index (χ2n) is 23.9. The van der Waals surface area contributed by atoms with Crippen LogP contribution >= 0.6 is 0 Å². The van der Waals surface area contributed by atoms with Gasteiger partial charge in [0, 0.05) is 33.9 Å². The molecule has 7 saturated carbocycles. The van der Waals surface area contributed by atoms with Crippen LogP contribution in [0.15, 0.2) is 78.4 Å². The summed E-state index contributed by atoms with van der Waals surface area (Å²) >= 11 is 0. The summed E-state index contributed by atoms with van der Waals surface area (Å²) in [4.78, 5) is 32.7. The van der Waals surface area contributed by atoms with Crippen molar-refractivity contribution in [1.82, 2.24) is 4.90 Å². The molecule has 12 rings (SSSR count). The highest BCUT2D eigenvalue weighted by Crippen LogP contribution is 2.78.